The van der Waals surface area contributed by atoms with Crippen LogP contribution >= 0.6 is 0 Å². The van der Waals surface area contributed by atoms with Crippen LogP contribution in [0.5, 0.6) is 0 Å². The van der Waals surface area contributed by atoms with Gasteiger partial charge in [-0.1, -0.05) is 20.8 Å². The standard InChI is InChI=1S/C18H26O4/c1-9(2)18(6-4-5-7-18)22-17(20)13-11-8-12-14(13)16(19)21-15(12)10(11)3/h9-15H,4-8H2,1-3H3/t10-,11?,12?,13?,14?,15?/m1/s1. The maximum Gasteiger partial charge on any atom is 0.310 e. The van der Waals surface area contributed by atoms with Gasteiger partial charge in [0.05, 0.1) is 11.8 Å². The molecule has 1 heterocycles. The Morgan fingerprint density at radius 3 is 2.59 bits per heavy atom. The summed E-state index contributed by atoms with van der Waals surface area (Å²) in [6, 6.07) is 0. The number of fused-ring (bicyclic) bond motifs is 1. The topological polar surface area (TPSA) is 52.6 Å². The van der Waals surface area contributed by atoms with Crippen molar-refractivity contribution in [1.29, 1.82) is 0 Å². The molecule has 3 saturated carbocycles. The molecule has 5 unspecified atom stereocenters. The minimum Gasteiger partial charge on any atom is -0.462 e. The van der Waals surface area contributed by atoms with Crippen molar-refractivity contribution in [2.45, 2.75) is 64.6 Å². The van der Waals surface area contributed by atoms with Gasteiger partial charge in [-0.05, 0) is 49.9 Å². The second-order valence-electron chi connectivity index (χ2n) is 8.22. The number of hydrogen-bond acceptors (Lipinski definition) is 4. The predicted octanol–water partition coefficient (Wildman–Crippen LogP) is 2.94. The third kappa shape index (κ3) is 1.75. The molecule has 22 heavy (non-hydrogen) atoms. The summed E-state index contributed by atoms with van der Waals surface area (Å²) in [5.74, 6) is 0.369. The van der Waals surface area contributed by atoms with Crippen molar-refractivity contribution in [3.05, 3.63) is 0 Å². The van der Waals surface area contributed by atoms with Gasteiger partial charge in [0.25, 0.3) is 0 Å². The average molecular weight is 306 g/mol. The van der Waals surface area contributed by atoms with Crippen LogP contribution in [0.25, 0.3) is 0 Å². The second-order valence-corrected chi connectivity index (χ2v) is 8.22. The van der Waals surface area contributed by atoms with Crippen LogP contribution in [-0.4, -0.2) is 23.6 Å². The summed E-state index contributed by atoms with van der Waals surface area (Å²) in [6.45, 7) is 6.40. The van der Waals surface area contributed by atoms with Gasteiger partial charge in [0, 0.05) is 5.92 Å². The van der Waals surface area contributed by atoms with Crippen LogP contribution in [0, 0.1) is 35.5 Å². The molecule has 0 aromatic heterocycles. The molecule has 0 aromatic rings. The third-order valence-corrected chi connectivity index (χ3v) is 7.07. The van der Waals surface area contributed by atoms with E-state index in [1.54, 1.807) is 0 Å². The molecule has 1 saturated heterocycles. The molecule has 122 valence electrons. The summed E-state index contributed by atoms with van der Waals surface area (Å²) >= 11 is 0. The predicted molar refractivity (Wildman–Crippen MR) is 79.8 cm³/mol. The Morgan fingerprint density at radius 2 is 1.95 bits per heavy atom. The molecule has 0 N–H and O–H groups in total. The highest BCUT2D eigenvalue weighted by molar-refractivity contribution is 5.86. The Balaban J connectivity index is 1.57. The largest absolute Gasteiger partial charge is 0.462 e. The highest BCUT2D eigenvalue weighted by Crippen LogP contribution is 2.60. The highest BCUT2D eigenvalue weighted by Gasteiger charge is 2.67. The van der Waals surface area contributed by atoms with E-state index in [-0.39, 0.29) is 47.3 Å². The Morgan fingerprint density at radius 1 is 1.27 bits per heavy atom. The molecule has 0 aromatic carbocycles. The van der Waals surface area contributed by atoms with E-state index in [2.05, 4.69) is 20.8 Å². The lowest BCUT2D eigenvalue weighted by atomic mass is 9.75. The van der Waals surface area contributed by atoms with Crippen LogP contribution in [0.3, 0.4) is 0 Å². The molecule has 0 radical (unpaired) electrons. The minimum atomic E-state index is -0.302. The summed E-state index contributed by atoms with van der Waals surface area (Å²) in [7, 11) is 0. The van der Waals surface area contributed by atoms with Crippen molar-refractivity contribution in [1.82, 2.24) is 0 Å². The van der Waals surface area contributed by atoms with Gasteiger partial charge in [-0.15, -0.1) is 0 Å². The SMILES string of the molecule is CC(C)C1(OC(=O)C2C3C(=O)OC4C3CC2[C@H]4C)CCCC1. The Kier molecular flexibility index (Phi) is 3.11. The fourth-order valence-electron chi connectivity index (χ4n) is 5.74. The molecule has 6 atom stereocenters. The first kappa shape index (κ1) is 14.5. The second kappa shape index (κ2) is 4.72. The molecule has 2 bridgehead atoms. The van der Waals surface area contributed by atoms with Crippen molar-refractivity contribution >= 4 is 11.9 Å². The van der Waals surface area contributed by atoms with Crippen LogP contribution in [0.1, 0.15) is 52.9 Å². The molecular formula is C18H26O4. The molecule has 4 heteroatoms. The maximum atomic E-state index is 12.9. The monoisotopic (exact) mass is 306 g/mol. The van der Waals surface area contributed by atoms with Crippen LogP contribution in [-0.2, 0) is 19.1 Å². The molecule has 4 aliphatic rings. The lowest BCUT2D eigenvalue weighted by Crippen LogP contribution is -2.44. The van der Waals surface area contributed by atoms with Crippen molar-refractivity contribution in [3.8, 4) is 0 Å². The van der Waals surface area contributed by atoms with E-state index >= 15 is 0 Å². The summed E-state index contributed by atoms with van der Waals surface area (Å²) in [5.41, 5.74) is -0.302. The van der Waals surface area contributed by atoms with Gasteiger partial charge in [0.2, 0.25) is 0 Å². The Labute approximate surface area is 131 Å². The number of ether oxygens (including phenoxy) is 2. The van der Waals surface area contributed by atoms with E-state index in [0.717, 1.165) is 32.1 Å². The summed E-state index contributed by atoms with van der Waals surface area (Å²) in [4.78, 5) is 25.1. The highest BCUT2D eigenvalue weighted by atomic mass is 16.6. The van der Waals surface area contributed by atoms with Crippen LogP contribution in [0.2, 0.25) is 0 Å². The van der Waals surface area contributed by atoms with Gasteiger partial charge < -0.3 is 9.47 Å². The van der Waals surface area contributed by atoms with E-state index < -0.39 is 0 Å². The average Bonchev–Trinajstić information content (AvgIpc) is 3.16. The van der Waals surface area contributed by atoms with Crippen LogP contribution in [0.15, 0.2) is 0 Å². The molecule has 1 aliphatic heterocycles. The fourth-order valence-corrected chi connectivity index (χ4v) is 5.74. The number of hydrogen-bond donors (Lipinski definition) is 0. The zero-order valence-corrected chi connectivity index (χ0v) is 13.7. The lowest BCUT2D eigenvalue weighted by molar-refractivity contribution is -0.174. The van der Waals surface area contributed by atoms with Crippen molar-refractivity contribution in [2.75, 3.05) is 0 Å². The number of esters is 2. The van der Waals surface area contributed by atoms with Gasteiger partial charge in [-0.2, -0.15) is 0 Å². The molecule has 3 aliphatic carbocycles. The molecule has 4 fully saturated rings. The first-order chi connectivity index (χ1) is 10.4. The molecule has 4 nitrogen and oxygen atoms in total. The van der Waals surface area contributed by atoms with Crippen LogP contribution < -0.4 is 0 Å². The van der Waals surface area contributed by atoms with E-state index in [4.69, 9.17) is 9.47 Å². The summed E-state index contributed by atoms with van der Waals surface area (Å²) < 4.78 is 11.6. The molecule has 4 rings (SSSR count). The molecular weight excluding hydrogens is 280 g/mol. The Hall–Kier alpha value is -1.06. The lowest BCUT2D eigenvalue weighted by Gasteiger charge is -2.36. The summed E-state index contributed by atoms with van der Waals surface area (Å²) in [6.07, 6.45) is 5.20. The number of rotatable bonds is 3. The first-order valence-corrected chi connectivity index (χ1v) is 8.88. The van der Waals surface area contributed by atoms with E-state index in [9.17, 15) is 9.59 Å². The van der Waals surface area contributed by atoms with E-state index in [1.807, 2.05) is 0 Å². The number of carbonyl (C=O) groups excluding carboxylic acids is 2. The molecule has 0 spiro atoms. The van der Waals surface area contributed by atoms with Crippen molar-refractivity contribution in [2.24, 2.45) is 35.5 Å². The smallest absolute Gasteiger partial charge is 0.310 e. The zero-order chi connectivity index (χ0) is 15.6. The quantitative estimate of drug-likeness (QED) is 0.752. The molecule has 0 amide bonds. The first-order valence-electron chi connectivity index (χ1n) is 8.88. The van der Waals surface area contributed by atoms with Gasteiger partial charge in [0.15, 0.2) is 0 Å². The summed E-state index contributed by atoms with van der Waals surface area (Å²) in [5, 5.41) is 0. The van der Waals surface area contributed by atoms with E-state index in [1.165, 1.54) is 0 Å². The van der Waals surface area contributed by atoms with Crippen molar-refractivity contribution in [3.63, 3.8) is 0 Å². The van der Waals surface area contributed by atoms with Crippen molar-refractivity contribution < 1.29 is 19.1 Å². The van der Waals surface area contributed by atoms with Gasteiger partial charge in [-0.25, -0.2) is 0 Å². The minimum absolute atomic E-state index is 0.0529. The van der Waals surface area contributed by atoms with Gasteiger partial charge in [-0.3, -0.25) is 9.59 Å². The maximum absolute atomic E-state index is 12.9. The van der Waals surface area contributed by atoms with E-state index in [0.29, 0.717) is 11.8 Å². The van der Waals surface area contributed by atoms with Gasteiger partial charge in [0.1, 0.15) is 11.7 Å². The van der Waals surface area contributed by atoms with Gasteiger partial charge >= 0.3 is 11.9 Å². The van der Waals surface area contributed by atoms with Crippen LogP contribution in [0.4, 0.5) is 0 Å². The fraction of sp³-hybridized carbons (Fsp3) is 0.889. The zero-order valence-electron chi connectivity index (χ0n) is 13.7. The normalized spacial score (nSPS) is 44.6. The Bertz CT molecular complexity index is 505. The number of carbonyl (C=O) groups is 2. The third-order valence-electron chi connectivity index (χ3n) is 7.07.